The molecule has 2 nitrogen and oxygen atoms in total. The molecule has 0 amide bonds. The fourth-order valence-electron chi connectivity index (χ4n) is 2.41. The van der Waals surface area contributed by atoms with E-state index in [0.29, 0.717) is 0 Å². The minimum atomic E-state index is 0.964. The molecule has 1 aromatic rings. The van der Waals surface area contributed by atoms with Crippen molar-refractivity contribution in [2.45, 2.75) is 52.0 Å². The zero-order valence-corrected chi connectivity index (χ0v) is 14.4. The molecule has 0 unspecified atom stereocenters. The lowest BCUT2D eigenvalue weighted by molar-refractivity contribution is -0.884. The van der Waals surface area contributed by atoms with Crippen LogP contribution in [0.15, 0.2) is 29.3 Å². The Balaban J connectivity index is 2.24. The molecule has 0 aliphatic heterocycles. The van der Waals surface area contributed by atoms with Crippen molar-refractivity contribution in [1.29, 1.82) is 0 Å². The van der Waals surface area contributed by atoms with Gasteiger partial charge in [-0.25, -0.2) is 0 Å². The minimum Gasteiger partial charge on any atom is -0.327 e. The highest BCUT2D eigenvalue weighted by atomic mass is 15.3. The zero-order valence-electron chi connectivity index (χ0n) is 14.4. The van der Waals surface area contributed by atoms with Gasteiger partial charge in [-0.05, 0) is 12.0 Å². The molecule has 0 aliphatic rings. The molecular formula is C19H33N2+. The number of benzene rings is 1. The van der Waals surface area contributed by atoms with Gasteiger partial charge in [0.1, 0.15) is 6.54 Å². The lowest BCUT2D eigenvalue weighted by atomic mass is 10.1. The van der Waals surface area contributed by atoms with Crippen molar-refractivity contribution in [3.63, 3.8) is 0 Å². The Morgan fingerprint density at radius 2 is 1.52 bits per heavy atom. The number of nitrogens with zero attached hydrogens (tertiary/aromatic N) is 2. The average molecular weight is 289 g/mol. The van der Waals surface area contributed by atoms with Gasteiger partial charge in [0.15, 0.2) is 0 Å². The second kappa shape index (κ2) is 9.73. The van der Waals surface area contributed by atoms with E-state index in [0.717, 1.165) is 17.6 Å². The van der Waals surface area contributed by atoms with E-state index >= 15 is 0 Å². The molecule has 1 rings (SSSR count). The van der Waals surface area contributed by atoms with Crippen LogP contribution in [0.3, 0.4) is 0 Å². The molecule has 1 aromatic carbocycles. The van der Waals surface area contributed by atoms with E-state index in [1.165, 1.54) is 49.7 Å². The van der Waals surface area contributed by atoms with Crippen LogP contribution in [0.1, 0.15) is 56.6 Å². The van der Waals surface area contributed by atoms with Gasteiger partial charge >= 0.3 is 0 Å². The maximum atomic E-state index is 4.53. The Bertz CT molecular complexity index is 399. The molecule has 0 saturated heterocycles. The topological polar surface area (TPSA) is 12.4 Å². The Morgan fingerprint density at radius 3 is 2.14 bits per heavy atom. The molecule has 0 spiro atoms. The Labute approximate surface area is 131 Å². The molecule has 0 heterocycles. The van der Waals surface area contributed by atoms with Gasteiger partial charge in [-0.2, -0.15) is 0 Å². The average Bonchev–Trinajstić information content (AvgIpc) is 2.42. The first kappa shape index (κ1) is 17.9. The first-order chi connectivity index (χ1) is 10.0. The van der Waals surface area contributed by atoms with E-state index < -0.39 is 0 Å². The number of aliphatic imine (C=N–C) groups is 1. The second-order valence-electron chi connectivity index (χ2n) is 6.99. The lowest BCUT2D eigenvalue weighted by Gasteiger charge is -2.23. The minimum absolute atomic E-state index is 0.964. The van der Waals surface area contributed by atoms with Gasteiger partial charge in [-0.1, -0.05) is 63.3 Å². The molecule has 21 heavy (non-hydrogen) atoms. The fourth-order valence-corrected chi connectivity index (χ4v) is 2.41. The number of hydrogen-bond acceptors (Lipinski definition) is 1. The fraction of sp³-hybridized carbons (Fsp3) is 0.632. The highest BCUT2D eigenvalue weighted by Gasteiger charge is 2.07. The number of unbranched alkanes of at least 4 members (excludes halogenated alkanes) is 5. The van der Waals surface area contributed by atoms with Crippen LogP contribution >= 0.6 is 0 Å². The highest BCUT2D eigenvalue weighted by Crippen LogP contribution is 2.08. The SMILES string of the molecule is CCCCCCCCN=Cc1ccc(C[N+](C)(C)C)cc1. The van der Waals surface area contributed by atoms with Crippen molar-refractivity contribution in [3.8, 4) is 0 Å². The van der Waals surface area contributed by atoms with E-state index in [2.05, 4.69) is 57.3 Å². The van der Waals surface area contributed by atoms with Gasteiger partial charge < -0.3 is 4.48 Å². The molecule has 0 saturated carbocycles. The van der Waals surface area contributed by atoms with Crippen LogP contribution in [0.25, 0.3) is 0 Å². The summed E-state index contributed by atoms with van der Waals surface area (Å²) in [5, 5.41) is 0. The van der Waals surface area contributed by atoms with Crippen LogP contribution < -0.4 is 0 Å². The maximum absolute atomic E-state index is 4.53. The van der Waals surface area contributed by atoms with Crippen molar-refractivity contribution in [1.82, 2.24) is 0 Å². The third-order valence-electron chi connectivity index (χ3n) is 3.52. The van der Waals surface area contributed by atoms with Crippen molar-refractivity contribution in [3.05, 3.63) is 35.4 Å². The summed E-state index contributed by atoms with van der Waals surface area (Å²) >= 11 is 0. The molecule has 0 aromatic heterocycles. The van der Waals surface area contributed by atoms with Crippen molar-refractivity contribution in [2.75, 3.05) is 27.7 Å². The molecule has 0 N–H and O–H groups in total. The van der Waals surface area contributed by atoms with Crippen LogP contribution in [0.5, 0.6) is 0 Å². The predicted molar refractivity (Wildman–Crippen MR) is 94.0 cm³/mol. The maximum Gasteiger partial charge on any atom is 0.104 e. The summed E-state index contributed by atoms with van der Waals surface area (Å²) in [7, 11) is 6.65. The number of hydrogen-bond donors (Lipinski definition) is 0. The van der Waals surface area contributed by atoms with Gasteiger partial charge in [0.05, 0.1) is 21.1 Å². The Morgan fingerprint density at radius 1 is 0.905 bits per heavy atom. The summed E-state index contributed by atoms with van der Waals surface area (Å²) in [5.74, 6) is 0. The van der Waals surface area contributed by atoms with Gasteiger partial charge in [-0.3, -0.25) is 4.99 Å². The standard InChI is InChI=1S/C19H33N2/c1-5-6-7-8-9-10-15-20-16-18-11-13-19(14-12-18)17-21(2,3)4/h11-14,16H,5-10,15,17H2,1-4H3/q+1. The van der Waals surface area contributed by atoms with E-state index in [4.69, 9.17) is 0 Å². The van der Waals surface area contributed by atoms with Gasteiger partial charge in [0.2, 0.25) is 0 Å². The quantitative estimate of drug-likeness (QED) is 0.337. The molecule has 118 valence electrons. The number of rotatable bonds is 10. The van der Waals surface area contributed by atoms with Crippen LogP contribution in [0.2, 0.25) is 0 Å². The van der Waals surface area contributed by atoms with E-state index in [1.54, 1.807) is 0 Å². The van der Waals surface area contributed by atoms with Gasteiger partial charge in [-0.15, -0.1) is 0 Å². The lowest BCUT2D eigenvalue weighted by Crippen LogP contribution is -2.33. The third kappa shape index (κ3) is 9.41. The molecule has 0 atom stereocenters. The molecule has 2 heteroatoms. The predicted octanol–water partition coefficient (Wildman–Crippen LogP) is 4.67. The largest absolute Gasteiger partial charge is 0.327 e. The molecular weight excluding hydrogens is 256 g/mol. The normalized spacial score (nSPS) is 12.2. The van der Waals surface area contributed by atoms with Crippen LogP contribution in [-0.2, 0) is 6.54 Å². The molecule has 0 fully saturated rings. The second-order valence-corrected chi connectivity index (χ2v) is 6.99. The molecule has 0 aliphatic carbocycles. The van der Waals surface area contributed by atoms with Crippen molar-refractivity contribution < 1.29 is 4.48 Å². The van der Waals surface area contributed by atoms with Crippen LogP contribution in [-0.4, -0.2) is 38.4 Å². The molecule has 0 radical (unpaired) electrons. The summed E-state index contributed by atoms with van der Waals surface area (Å²) in [6, 6.07) is 8.79. The Kier molecular flexibility index (Phi) is 8.29. The first-order valence-corrected chi connectivity index (χ1v) is 8.40. The summed E-state index contributed by atoms with van der Waals surface area (Å²) in [4.78, 5) is 4.53. The monoisotopic (exact) mass is 289 g/mol. The summed E-state index contributed by atoms with van der Waals surface area (Å²) < 4.78 is 0.964. The highest BCUT2D eigenvalue weighted by molar-refractivity contribution is 5.79. The van der Waals surface area contributed by atoms with Crippen molar-refractivity contribution >= 4 is 6.21 Å². The first-order valence-electron chi connectivity index (χ1n) is 8.40. The van der Waals surface area contributed by atoms with E-state index in [1.807, 2.05) is 6.21 Å². The molecule has 0 bridgehead atoms. The van der Waals surface area contributed by atoms with E-state index in [9.17, 15) is 0 Å². The third-order valence-corrected chi connectivity index (χ3v) is 3.52. The summed E-state index contributed by atoms with van der Waals surface area (Å²) in [6.07, 6.45) is 10.0. The van der Waals surface area contributed by atoms with Crippen molar-refractivity contribution in [2.24, 2.45) is 4.99 Å². The zero-order chi connectivity index (χ0) is 15.6. The summed E-state index contributed by atoms with van der Waals surface area (Å²) in [5.41, 5.74) is 2.60. The smallest absolute Gasteiger partial charge is 0.104 e. The van der Waals surface area contributed by atoms with Crippen LogP contribution in [0, 0.1) is 0 Å². The Hall–Kier alpha value is -1.15. The van der Waals surface area contributed by atoms with Gasteiger partial charge in [0.25, 0.3) is 0 Å². The van der Waals surface area contributed by atoms with E-state index in [-0.39, 0.29) is 0 Å². The number of quaternary nitrogens is 1. The van der Waals surface area contributed by atoms with Gasteiger partial charge in [0, 0.05) is 18.3 Å². The summed E-state index contributed by atoms with van der Waals surface area (Å²) in [6.45, 7) is 4.29. The van der Waals surface area contributed by atoms with Crippen LogP contribution in [0.4, 0.5) is 0 Å².